The standard InChI is InChI=1S/C15H19N3O4S/c1-9-5-6-12(22-4)11(7-9)18-14(10(2)21-3)16-17-15(18)23-8-13(19)20/h5-7,10H,8H2,1-4H3,(H,19,20)/t10-/m0/s1. The van der Waals surface area contributed by atoms with Gasteiger partial charge in [0.05, 0.1) is 18.6 Å². The fourth-order valence-electron chi connectivity index (χ4n) is 2.07. The Hall–Kier alpha value is -2.06. The van der Waals surface area contributed by atoms with E-state index in [4.69, 9.17) is 14.6 Å². The summed E-state index contributed by atoms with van der Waals surface area (Å²) in [5.41, 5.74) is 1.80. The third-order valence-corrected chi connectivity index (χ3v) is 4.19. The Morgan fingerprint density at radius 1 is 1.39 bits per heavy atom. The SMILES string of the molecule is COc1ccc(C)cc1-n1c(SCC(=O)O)nnc1[C@H](C)OC. The maximum atomic E-state index is 10.9. The first-order chi connectivity index (χ1) is 11.0. The molecule has 0 radical (unpaired) electrons. The van der Waals surface area contributed by atoms with E-state index in [0.29, 0.717) is 16.7 Å². The molecular formula is C15H19N3O4S. The van der Waals surface area contributed by atoms with Gasteiger partial charge in [-0.1, -0.05) is 17.8 Å². The van der Waals surface area contributed by atoms with E-state index in [0.717, 1.165) is 23.0 Å². The number of carboxylic acid groups (broad SMARTS) is 1. The van der Waals surface area contributed by atoms with Crippen LogP contribution in [0.4, 0.5) is 0 Å². The van der Waals surface area contributed by atoms with Gasteiger partial charge >= 0.3 is 5.97 Å². The molecule has 7 nitrogen and oxygen atoms in total. The van der Waals surface area contributed by atoms with Gasteiger partial charge in [-0.15, -0.1) is 10.2 Å². The zero-order valence-electron chi connectivity index (χ0n) is 13.4. The summed E-state index contributed by atoms with van der Waals surface area (Å²) in [7, 11) is 3.17. The second kappa shape index (κ2) is 7.47. The first kappa shape index (κ1) is 17.3. The van der Waals surface area contributed by atoms with E-state index in [1.54, 1.807) is 18.8 Å². The van der Waals surface area contributed by atoms with Gasteiger partial charge in [0.1, 0.15) is 11.9 Å². The molecular weight excluding hydrogens is 318 g/mol. The second-order valence-electron chi connectivity index (χ2n) is 4.91. The lowest BCUT2D eigenvalue weighted by atomic mass is 10.2. The summed E-state index contributed by atoms with van der Waals surface area (Å²) >= 11 is 1.10. The van der Waals surface area contributed by atoms with Crippen molar-refractivity contribution in [2.75, 3.05) is 20.0 Å². The molecule has 0 unspecified atom stereocenters. The zero-order valence-corrected chi connectivity index (χ0v) is 14.3. The van der Waals surface area contributed by atoms with Crippen molar-refractivity contribution in [1.82, 2.24) is 14.8 Å². The molecule has 124 valence electrons. The Morgan fingerprint density at radius 3 is 2.74 bits per heavy atom. The lowest BCUT2D eigenvalue weighted by Gasteiger charge is -2.16. The van der Waals surface area contributed by atoms with Crippen LogP contribution in [0.1, 0.15) is 24.4 Å². The van der Waals surface area contributed by atoms with Gasteiger partial charge in [0.15, 0.2) is 11.0 Å². The van der Waals surface area contributed by atoms with Crippen LogP contribution in [0.25, 0.3) is 5.69 Å². The molecule has 0 bridgehead atoms. The topological polar surface area (TPSA) is 86.5 Å². The van der Waals surface area contributed by atoms with E-state index >= 15 is 0 Å². The average Bonchev–Trinajstić information content (AvgIpc) is 2.95. The number of aliphatic carboxylic acids is 1. The third kappa shape index (κ3) is 3.83. The number of rotatable bonds is 7. The van der Waals surface area contributed by atoms with Crippen LogP contribution in [-0.4, -0.2) is 45.8 Å². The van der Waals surface area contributed by atoms with E-state index < -0.39 is 5.97 Å². The van der Waals surface area contributed by atoms with Crippen molar-refractivity contribution in [3.8, 4) is 11.4 Å². The second-order valence-corrected chi connectivity index (χ2v) is 5.85. The molecule has 0 aliphatic carbocycles. The lowest BCUT2D eigenvalue weighted by molar-refractivity contribution is -0.133. The van der Waals surface area contributed by atoms with Crippen LogP contribution in [0, 0.1) is 6.92 Å². The molecule has 8 heteroatoms. The number of hydrogen-bond donors (Lipinski definition) is 1. The number of benzene rings is 1. The lowest BCUT2D eigenvalue weighted by Crippen LogP contribution is -2.10. The van der Waals surface area contributed by atoms with Crippen molar-refractivity contribution in [2.24, 2.45) is 0 Å². The van der Waals surface area contributed by atoms with E-state index in [1.807, 2.05) is 32.0 Å². The number of ether oxygens (including phenoxy) is 2. The zero-order chi connectivity index (χ0) is 17.0. The van der Waals surface area contributed by atoms with E-state index in [-0.39, 0.29) is 11.9 Å². The minimum atomic E-state index is -0.915. The number of hydrogen-bond acceptors (Lipinski definition) is 6. The predicted octanol–water partition coefficient (Wildman–Crippen LogP) is 2.47. The third-order valence-electron chi connectivity index (χ3n) is 3.28. The van der Waals surface area contributed by atoms with E-state index in [2.05, 4.69) is 10.2 Å². The van der Waals surface area contributed by atoms with Crippen LogP contribution in [0.15, 0.2) is 23.4 Å². The number of methoxy groups -OCH3 is 2. The Bertz CT molecular complexity index is 702. The van der Waals surface area contributed by atoms with Gasteiger partial charge in [-0.25, -0.2) is 0 Å². The molecule has 1 aromatic heterocycles. The minimum absolute atomic E-state index is 0.104. The molecule has 0 fully saturated rings. The van der Waals surface area contributed by atoms with Crippen molar-refractivity contribution in [2.45, 2.75) is 25.1 Å². The number of thioether (sulfide) groups is 1. The highest BCUT2D eigenvalue weighted by molar-refractivity contribution is 7.99. The van der Waals surface area contributed by atoms with Gasteiger partial charge in [-0.3, -0.25) is 9.36 Å². The molecule has 0 saturated carbocycles. The predicted molar refractivity (Wildman–Crippen MR) is 86.4 cm³/mol. The first-order valence-corrected chi connectivity index (χ1v) is 7.94. The number of carbonyl (C=O) groups is 1. The van der Waals surface area contributed by atoms with Gasteiger partial charge in [-0.2, -0.15) is 0 Å². The monoisotopic (exact) mass is 337 g/mol. The van der Waals surface area contributed by atoms with Crippen LogP contribution in [-0.2, 0) is 9.53 Å². The molecule has 0 amide bonds. The fourth-order valence-corrected chi connectivity index (χ4v) is 2.74. The van der Waals surface area contributed by atoms with Gasteiger partial charge in [0.2, 0.25) is 0 Å². The van der Waals surface area contributed by atoms with Crippen molar-refractivity contribution in [1.29, 1.82) is 0 Å². The fraction of sp³-hybridized carbons (Fsp3) is 0.400. The highest BCUT2D eigenvalue weighted by atomic mass is 32.2. The molecule has 1 heterocycles. The summed E-state index contributed by atoms with van der Waals surface area (Å²) in [5, 5.41) is 17.7. The molecule has 0 aliphatic heterocycles. The molecule has 0 saturated heterocycles. The molecule has 23 heavy (non-hydrogen) atoms. The maximum absolute atomic E-state index is 10.9. The van der Waals surface area contributed by atoms with Crippen molar-refractivity contribution >= 4 is 17.7 Å². The minimum Gasteiger partial charge on any atom is -0.495 e. The van der Waals surface area contributed by atoms with Crippen LogP contribution < -0.4 is 4.74 Å². The highest BCUT2D eigenvalue weighted by Gasteiger charge is 2.22. The summed E-state index contributed by atoms with van der Waals surface area (Å²) < 4.78 is 12.6. The number of aromatic nitrogens is 3. The van der Waals surface area contributed by atoms with Gasteiger partial charge in [0, 0.05) is 7.11 Å². The summed E-state index contributed by atoms with van der Waals surface area (Å²) in [6.45, 7) is 3.82. The van der Waals surface area contributed by atoms with Crippen LogP contribution in [0.2, 0.25) is 0 Å². The van der Waals surface area contributed by atoms with Crippen molar-refractivity contribution < 1.29 is 19.4 Å². The van der Waals surface area contributed by atoms with Crippen LogP contribution in [0.5, 0.6) is 5.75 Å². The maximum Gasteiger partial charge on any atom is 0.313 e. The van der Waals surface area contributed by atoms with Crippen molar-refractivity contribution in [3.05, 3.63) is 29.6 Å². The Balaban J connectivity index is 2.59. The molecule has 0 spiro atoms. The molecule has 1 aromatic carbocycles. The molecule has 2 aromatic rings. The molecule has 2 rings (SSSR count). The molecule has 1 N–H and O–H groups in total. The normalized spacial score (nSPS) is 12.2. The van der Waals surface area contributed by atoms with Crippen molar-refractivity contribution in [3.63, 3.8) is 0 Å². The largest absolute Gasteiger partial charge is 0.495 e. The summed E-state index contributed by atoms with van der Waals surface area (Å²) in [4.78, 5) is 10.9. The van der Waals surface area contributed by atoms with Gasteiger partial charge in [0.25, 0.3) is 0 Å². The first-order valence-electron chi connectivity index (χ1n) is 6.95. The molecule has 1 atom stereocenters. The van der Waals surface area contributed by atoms with E-state index in [9.17, 15) is 4.79 Å². The van der Waals surface area contributed by atoms with Gasteiger partial charge < -0.3 is 14.6 Å². The van der Waals surface area contributed by atoms with E-state index in [1.165, 1.54) is 0 Å². The average molecular weight is 337 g/mol. The smallest absolute Gasteiger partial charge is 0.313 e. The van der Waals surface area contributed by atoms with Gasteiger partial charge in [-0.05, 0) is 31.5 Å². The van der Waals surface area contributed by atoms with Crippen LogP contribution in [0.3, 0.4) is 0 Å². The Kier molecular flexibility index (Phi) is 5.62. The Labute approximate surface area is 138 Å². The number of carboxylic acids is 1. The highest BCUT2D eigenvalue weighted by Crippen LogP contribution is 2.31. The molecule has 0 aliphatic rings. The summed E-state index contributed by atoms with van der Waals surface area (Å²) in [5.74, 6) is 0.219. The van der Waals surface area contributed by atoms with Crippen LogP contribution >= 0.6 is 11.8 Å². The summed E-state index contributed by atoms with van der Waals surface area (Å²) in [6, 6.07) is 5.74. The summed E-state index contributed by atoms with van der Waals surface area (Å²) in [6.07, 6.45) is -0.299. The number of nitrogens with zero attached hydrogens (tertiary/aromatic N) is 3. The quantitative estimate of drug-likeness (QED) is 0.777. The Morgan fingerprint density at radius 2 is 2.13 bits per heavy atom. The number of aryl methyl sites for hydroxylation is 1.